The number of nitrogens with one attached hydrogen (secondary N) is 1. The zero-order valence-corrected chi connectivity index (χ0v) is 13.0. The maximum absolute atomic E-state index is 12.3. The molecule has 0 atom stereocenters. The van der Waals surface area contributed by atoms with Crippen molar-refractivity contribution in [3.63, 3.8) is 0 Å². The number of ether oxygens (including phenoxy) is 2. The van der Waals surface area contributed by atoms with Gasteiger partial charge in [0.05, 0.1) is 25.5 Å². The average molecular weight is 296 g/mol. The van der Waals surface area contributed by atoms with E-state index in [-0.39, 0.29) is 23.6 Å². The largest absolute Gasteiger partial charge is 0.497 e. The van der Waals surface area contributed by atoms with Crippen molar-refractivity contribution in [2.24, 2.45) is 5.41 Å². The van der Waals surface area contributed by atoms with Crippen LogP contribution in [0.25, 0.3) is 0 Å². The van der Waals surface area contributed by atoms with Crippen molar-refractivity contribution >= 4 is 11.6 Å². The number of nitrogen functional groups attached to an aromatic ring is 1. The molecule has 0 saturated carbocycles. The fourth-order valence-corrected chi connectivity index (χ4v) is 1.88. The summed E-state index contributed by atoms with van der Waals surface area (Å²) in [5.41, 5.74) is 6.33. The monoisotopic (exact) mass is 296 g/mol. The van der Waals surface area contributed by atoms with Crippen LogP contribution in [0, 0.1) is 5.41 Å². The van der Waals surface area contributed by atoms with Crippen LogP contribution in [0.5, 0.6) is 11.5 Å². The number of amides is 1. The van der Waals surface area contributed by atoms with Crippen molar-refractivity contribution in [2.75, 3.05) is 33.1 Å². The van der Waals surface area contributed by atoms with Crippen LogP contribution in [0.3, 0.4) is 0 Å². The van der Waals surface area contributed by atoms with E-state index in [0.29, 0.717) is 30.0 Å². The Morgan fingerprint density at radius 3 is 2.52 bits per heavy atom. The Balaban J connectivity index is 2.92. The van der Waals surface area contributed by atoms with Gasteiger partial charge in [-0.1, -0.05) is 13.8 Å². The number of rotatable bonds is 7. The molecule has 4 N–H and O–H groups in total. The molecule has 0 aliphatic heterocycles. The number of methoxy groups -OCH3 is 2. The highest BCUT2D eigenvalue weighted by atomic mass is 16.5. The summed E-state index contributed by atoms with van der Waals surface area (Å²) >= 11 is 0. The van der Waals surface area contributed by atoms with Crippen LogP contribution < -0.4 is 20.5 Å². The molecule has 0 saturated heterocycles. The number of nitrogens with two attached hydrogens (primary N) is 1. The topological polar surface area (TPSA) is 93.8 Å². The van der Waals surface area contributed by atoms with Crippen molar-refractivity contribution in [1.82, 2.24) is 5.32 Å². The number of carbonyl (C=O) groups excluding carboxylic acids is 1. The summed E-state index contributed by atoms with van der Waals surface area (Å²) in [5.74, 6) is 0.602. The van der Waals surface area contributed by atoms with E-state index < -0.39 is 0 Å². The fourth-order valence-electron chi connectivity index (χ4n) is 1.88. The van der Waals surface area contributed by atoms with E-state index in [1.165, 1.54) is 14.2 Å². The maximum atomic E-state index is 12.3. The van der Waals surface area contributed by atoms with Crippen molar-refractivity contribution in [1.29, 1.82) is 0 Å². The molecule has 6 heteroatoms. The Hall–Kier alpha value is -1.95. The van der Waals surface area contributed by atoms with Gasteiger partial charge in [-0.25, -0.2) is 0 Å². The Morgan fingerprint density at radius 2 is 2.00 bits per heavy atom. The van der Waals surface area contributed by atoms with Gasteiger partial charge >= 0.3 is 0 Å². The minimum Gasteiger partial charge on any atom is -0.497 e. The molecule has 0 aliphatic rings. The van der Waals surface area contributed by atoms with Gasteiger partial charge in [-0.2, -0.15) is 0 Å². The standard InChI is InChI=1S/C15H24N2O4/c1-15(2,5-6-18)9-17-14(19)11-7-10(20-3)8-12(21-4)13(11)16/h7-8,18H,5-6,9,16H2,1-4H3,(H,17,19). The van der Waals surface area contributed by atoms with Gasteiger partial charge in [0.2, 0.25) is 0 Å². The third-order valence-electron chi connectivity index (χ3n) is 3.33. The smallest absolute Gasteiger partial charge is 0.253 e. The third kappa shape index (κ3) is 4.53. The van der Waals surface area contributed by atoms with Crippen LogP contribution >= 0.6 is 0 Å². The normalized spacial score (nSPS) is 11.1. The highest BCUT2D eigenvalue weighted by molar-refractivity contribution is 6.01. The minimum absolute atomic E-state index is 0.0813. The van der Waals surface area contributed by atoms with Gasteiger partial charge in [0, 0.05) is 19.2 Å². The molecule has 0 heterocycles. The molecule has 0 unspecified atom stereocenters. The van der Waals surface area contributed by atoms with E-state index in [9.17, 15) is 4.79 Å². The number of aliphatic hydroxyl groups is 1. The number of benzene rings is 1. The van der Waals surface area contributed by atoms with Crippen molar-refractivity contribution in [2.45, 2.75) is 20.3 Å². The highest BCUT2D eigenvalue weighted by Crippen LogP contribution is 2.31. The van der Waals surface area contributed by atoms with E-state index in [1.807, 2.05) is 13.8 Å². The van der Waals surface area contributed by atoms with Crippen LogP contribution in [0.1, 0.15) is 30.6 Å². The lowest BCUT2D eigenvalue weighted by molar-refractivity contribution is 0.0928. The van der Waals surface area contributed by atoms with E-state index in [4.69, 9.17) is 20.3 Å². The summed E-state index contributed by atoms with van der Waals surface area (Å²) in [6, 6.07) is 3.20. The Morgan fingerprint density at radius 1 is 1.33 bits per heavy atom. The van der Waals surface area contributed by atoms with Gasteiger partial charge in [0.15, 0.2) is 0 Å². The molecule has 0 bridgehead atoms. The van der Waals surface area contributed by atoms with Gasteiger partial charge in [0.1, 0.15) is 11.5 Å². The SMILES string of the molecule is COc1cc(OC)c(N)c(C(=O)NCC(C)(C)CCO)c1. The molecule has 0 spiro atoms. The first-order valence-electron chi connectivity index (χ1n) is 6.75. The summed E-state index contributed by atoms with van der Waals surface area (Å²) in [4.78, 5) is 12.3. The van der Waals surface area contributed by atoms with Crippen LogP contribution in [-0.2, 0) is 0 Å². The van der Waals surface area contributed by atoms with Crippen LogP contribution in [0.15, 0.2) is 12.1 Å². The first-order chi connectivity index (χ1) is 9.84. The number of carbonyl (C=O) groups is 1. The van der Waals surface area contributed by atoms with Gasteiger partial charge in [-0.3, -0.25) is 4.79 Å². The second kappa shape index (κ2) is 7.17. The summed E-state index contributed by atoms with van der Waals surface area (Å²) in [6.45, 7) is 4.46. The van der Waals surface area contributed by atoms with E-state index in [0.717, 1.165) is 0 Å². The third-order valence-corrected chi connectivity index (χ3v) is 3.33. The molecule has 1 amide bonds. The molecule has 6 nitrogen and oxygen atoms in total. The van der Waals surface area contributed by atoms with Gasteiger partial charge in [-0.05, 0) is 17.9 Å². The minimum atomic E-state index is -0.296. The quantitative estimate of drug-likeness (QED) is 0.662. The molecule has 1 rings (SSSR count). The number of anilines is 1. The first kappa shape index (κ1) is 17.1. The molecule has 1 aromatic carbocycles. The summed E-state index contributed by atoms with van der Waals surface area (Å²) in [6.07, 6.45) is 0.601. The fraction of sp³-hybridized carbons (Fsp3) is 0.533. The molecule has 1 aromatic rings. The van der Waals surface area contributed by atoms with Crippen molar-refractivity contribution < 1.29 is 19.4 Å². The average Bonchev–Trinajstić information content (AvgIpc) is 2.45. The van der Waals surface area contributed by atoms with Crippen LogP contribution in [0.4, 0.5) is 5.69 Å². The second-order valence-electron chi connectivity index (χ2n) is 5.61. The molecular weight excluding hydrogens is 272 g/mol. The number of hydrogen-bond donors (Lipinski definition) is 3. The molecule has 21 heavy (non-hydrogen) atoms. The second-order valence-corrected chi connectivity index (χ2v) is 5.61. The predicted molar refractivity (Wildman–Crippen MR) is 81.8 cm³/mol. The Kier molecular flexibility index (Phi) is 5.84. The maximum Gasteiger partial charge on any atom is 0.253 e. The summed E-state index contributed by atoms with van der Waals surface area (Å²) in [7, 11) is 2.99. The Bertz CT molecular complexity index is 501. The number of hydrogen-bond acceptors (Lipinski definition) is 5. The summed E-state index contributed by atoms with van der Waals surface area (Å²) < 4.78 is 10.3. The molecule has 0 aromatic heterocycles. The molecular formula is C15H24N2O4. The van der Waals surface area contributed by atoms with Gasteiger partial charge in [-0.15, -0.1) is 0 Å². The Labute approximate surface area is 125 Å². The van der Waals surface area contributed by atoms with Crippen LogP contribution in [-0.4, -0.2) is 38.4 Å². The number of aliphatic hydroxyl groups excluding tert-OH is 1. The zero-order chi connectivity index (χ0) is 16.0. The highest BCUT2D eigenvalue weighted by Gasteiger charge is 2.21. The van der Waals surface area contributed by atoms with E-state index >= 15 is 0 Å². The molecule has 0 fully saturated rings. The zero-order valence-electron chi connectivity index (χ0n) is 13.0. The van der Waals surface area contributed by atoms with E-state index in [2.05, 4.69) is 5.32 Å². The lowest BCUT2D eigenvalue weighted by Gasteiger charge is -2.24. The lowest BCUT2D eigenvalue weighted by Crippen LogP contribution is -2.34. The van der Waals surface area contributed by atoms with Gasteiger partial charge in [0.25, 0.3) is 5.91 Å². The lowest BCUT2D eigenvalue weighted by atomic mass is 9.89. The molecule has 0 aliphatic carbocycles. The molecule has 0 radical (unpaired) electrons. The van der Waals surface area contributed by atoms with Gasteiger partial charge < -0.3 is 25.6 Å². The van der Waals surface area contributed by atoms with Crippen LogP contribution in [0.2, 0.25) is 0 Å². The van der Waals surface area contributed by atoms with Crippen molar-refractivity contribution in [3.8, 4) is 11.5 Å². The predicted octanol–water partition coefficient (Wildman–Crippen LogP) is 1.42. The van der Waals surface area contributed by atoms with E-state index in [1.54, 1.807) is 12.1 Å². The summed E-state index contributed by atoms with van der Waals surface area (Å²) in [5, 5.41) is 11.8. The molecule has 118 valence electrons. The first-order valence-corrected chi connectivity index (χ1v) is 6.75. The van der Waals surface area contributed by atoms with Crippen molar-refractivity contribution in [3.05, 3.63) is 17.7 Å².